The number of amides is 3. The maximum Gasteiger partial charge on any atom is 0.248 e. The molecule has 1 heterocycles. The van der Waals surface area contributed by atoms with E-state index in [1.165, 1.54) is 0 Å². The van der Waals surface area contributed by atoms with Crippen LogP contribution in [-0.2, 0) is 30.4 Å². The summed E-state index contributed by atoms with van der Waals surface area (Å²) in [6.07, 6.45) is 15.5. The molecule has 11 N–H and O–H groups in total. The van der Waals surface area contributed by atoms with Gasteiger partial charge in [0.1, 0.15) is 6.04 Å². The van der Waals surface area contributed by atoms with Gasteiger partial charge in [0.25, 0.3) is 0 Å². The van der Waals surface area contributed by atoms with Crippen LogP contribution in [0, 0.1) is 17.8 Å². The summed E-state index contributed by atoms with van der Waals surface area (Å²) in [5.41, 5.74) is 25.0. The van der Waals surface area contributed by atoms with Gasteiger partial charge in [0.05, 0.1) is 24.0 Å². The topological polar surface area (TPSA) is 229 Å². The van der Waals surface area contributed by atoms with Gasteiger partial charge in [-0.2, -0.15) is 0 Å². The van der Waals surface area contributed by atoms with Gasteiger partial charge in [-0.1, -0.05) is 81.7 Å². The van der Waals surface area contributed by atoms with Gasteiger partial charge in [-0.3, -0.25) is 24.0 Å². The summed E-state index contributed by atoms with van der Waals surface area (Å²) in [4.78, 5) is 75.3. The molecule has 4 aliphatic rings. The second-order valence-electron chi connectivity index (χ2n) is 18.0. The fraction of sp³-hybridized carbons (Fsp3) is 0.756. The van der Waals surface area contributed by atoms with Crippen LogP contribution >= 0.6 is 0 Å². The molecule has 3 amide bonds. The number of Topliss-reactive ketones (excluding diaryl/α,β-unsaturated/α-hetero) is 2. The van der Waals surface area contributed by atoms with Crippen LogP contribution in [0.2, 0.25) is 0 Å². The Labute approximate surface area is 346 Å². The summed E-state index contributed by atoms with van der Waals surface area (Å²) < 4.78 is 0. The highest BCUT2D eigenvalue weighted by Crippen LogP contribution is 2.40. The van der Waals surface area contributed by atoms with Crippen molar-refractivity contribution < 1.29 is 24.0 Å². The largest absolute Gasteiger partial charge is 0.351 e. The van der Waals surface area contributed by atoms with E-state index < -0.39 is 47.3 Å². The van der Waals surface area contributed by atoms with E-state index in [1.807, 2.05) is 30.3 Å². The van der Waals surface area contributed by atoms with Crippen molar-refractivity contribution in [1.82, 2.24) is 20.9 Å². The molecule has 13 nitrogen and oxygen atoms in total. The van der Waals surface area contributed by atoms with E-state index in [4.69, 9.17) is 22.9 Å². The molecule has 1 aliphatic heterocycles. The van der Waals surface area contributed by atoms with Crippen molar-refractivity contribution in [3.8, 4) is 0 Å². The number of nitrogens with one attached hydrogen (secondary N) is 3. The number of likely N-dealkylation sites (N-methyl/N-ethyl adjacent to an activating group) is 1. The summed E-state index contributed by atoms with van der Waals surface area (Å²) in [5.74, 6) is -3.44. The Balaban J connectivity index is 1.45. The molecule has 4 fully saturated rings. The molecular weight excluding hydrogens is 733 g/mol. The van der Waals surface area contributed by atoms with Crippen LogP contribution in [0.1, 0.15) is 134 Å². The summed E-state index contributed by atoms with van der Waals surface area (Å²) in [6, 6.07) is 6.15. The normalized spacial score (nSPS) is 25.2. The smallest absolute Gasteiger partial charge is 0.248 e. The first-order chi connectivity index (χ1) is 28.0. The monoisotopic (exact) mass is 807 g/mol. The number of carbonyl (C=O) groups excluding carboxylic acids is 5. The molecule has 3 saturated carbocycles. The lowest BCUT2D eigenvalue weighted by molar-refractivity contribution is -0.151. The SMILES string of the molecule is CN[C@@H](Cc1ccccc1)C(=O)N[C@@H](CCCCN)C(=O)N1CCC[C@H]1C(=O)C(C1CCCCC1)[C@@](N)(C(=O)N[C@H]1CC[C@@H](N)CC1)C(=O)[C@H](N)CC1CCCCC1. The number of likely N-dealkylation sites (tertiary alicyclic amines) is 1. The molecule has 1 aromatic rings. The number of nitrogens with zero attached hydrogens (tertiary/aromatic N) is 1. The van der Waals surface area contributed by atoms with Crippen LogP contribution in [-0.4, -0.2) is 96.1 Å². The predicted octanol–water partition coefficient (Wildman–Crippen LogP) is 3.14. The Morgan fingerprint density at radius 2 is 1.48 bits per heavy atom. The van der Waals surface area contributed by atoms with E-state index in [0.29, 0.717) is 83.7 Å². The third-order valence-corrected chi connectivity index (χ3v) is 13.8. The van der Waals surface area contributed by atoms with E-state index in [1.54, 1.807) is 11.9 Å². The molecule has 58 heavy (non-hydrogen) atoms. The molecule has 1 saturated heterocycles. The van der Waals surface area contributed by atoms with Gasteiger partial charge in [-0.25, -0.2) is 0 Å². The van der Waals surface area contributed by atoms with Gasteiger partial charge in [0, 0.05) is 18.6 Å². The van der Waals surface area contributed by atoms with Crippen LogP contribution in [0.15, 0.2) is 30.3 Å². The number of nitrogens with two attached hydrogens (primary N) is 4. The molecule has 324 valence electrons. The minimum Gasteiger partial charge on any atom is -0.351 e. The first kappa shape index (κ1) is 45.8. The third kappa shape index (κ3) is 11.7. The van der Waals surface area contributed by atoms with Gasteiger partial charge in [0.2, 0.25) is 17.7 Å². The van der Waals surface area contributed by atoms with Gasteiger partial charge in [-0.15, -0.1) is 0 Å². The lowest BCUT2D eigenvalue weighted by Gasteiger charge is -2.44. The number of hydrogen-bond acceptors (Lipinski definition) is 10. The average molecular weight is 807 g/mol. The molecule has 0 radical (unpaired) electrons. The molecule has 3 aliphatic carbocycles. The predicted molar refractivity (Wildman–Crippen MR) is 227 cm³/mol. The fourth-order valence-electron chi connectivity index (χ4n) is 10.4. The zero-order chi connectivity index (χ0) is 41.7. The first-order valence-electron chi connectivity index (χ1n) is 22.7. The highest BCUT2D eigenvalue weighted by Gasteiger charge is 2.58. The molecule has 0 bridgehead atoms. The quantitative estimate of drug-likeness (QED) is 0.0752. The lowest BCUT2D eigenvalue weighted by atomic mass is 9.63. The van der Waals surface area contributed by atoms with Crippen molar-refractivity contribution in [3.63, 3.8) is 0 Å². The first-order valence-corrected chi connectivity index (χ1v) is 22.7. The van der Waals surface area contributed by atoms with E-state index in [0.717, 1.165) is 69.8 Å². The molecule has 0 aromatic heterocycles. The maximum absolute atomic E-state index is 15.4. The van der Waals surface area contributed by atoms with Crippen LogP contribution in [0.5, 0.6) is 0 Å². The van der Waals surface area contributed by atoms with E-state index in [-0.39, 0.29) is 41.5 Å². The fourth-order valence-corrected chi connectivity index (χ4v) is 10.4. The summed E-state index contributed by atoms with van der Waals surface area (Å²) in [6.45, 7) is 0.762. The number of ketones is 2. The van der Waals surface area contributed by atoms with E-state index >= 15 is 4.79 Å². The van der Waals surface area contributed by atoms with Crippen molar-refractivity contribution >= 4 is 29.3 Å². The average Bonchev–Trinajstić information content (AvgIpc) is 3.74. The van der Waals surface area contributed by atoms with Crippen LogP contribution in [0.25, 0.3) is 0 Å². The molecular formula is C45H74N8O5. The second kappa shape index (κ2) is 22.4. The molecule has 13 heteroatoms. The molecule has 6 atom stereocenters. The van der Waals surface area contributed by atoms with Crippen molar-refractivity contribution in [2.45, 2.75) is 177 Å². The molecule has 1 unspecified atom stereocenters. The lowest BCUT2D eigenvalue weighted by Crippen LogP contribution is -2.72. The van der Waals surface area contributed by atoms with Crippen molar-refractivity contribution in [2.24, 2.45) is 40.7 Å². The summed E-state index contributed by atoms with van der Waals surface area (Å²) in [7, 11) is 1.72. The number of carbonyl (C=O) groups is 5. The molecule has 1 aromatic carbocycles. The highest BCUT2D eigenvalue weighted by atomic mass is 16.2. The van der Waals surface area contributed by atoms with E-state index in [2.05, 4.69) is 16.0 Å². The van der Waals surface area contributed by atoms with Crippen LogP contribution in [0.4, 0.5) is 0 Å². The zero-order valence-electron chi connectivity index (χ0n) is 35.1. The van der Waals surface area contributed by atoms with Crippen molar-refractivity contribution in [3.05, 3.63) is 35.9 Å². The van der Waals surface area contributed by atoms with Gasteiger partial charge >= 0.3 is 0 Å². The highest BCUT2D eigenvalue weighted by molar-refractivity contribution is 6.16. The second-order valence-corrected chi connectivity index (χ2v) is 18.0. The number of hydrogen-bond donors (Lipinski definition) is 7. The number of unbranched alkanes of at least 4 members (excludes halogenated alkanes) is 1. The summed E-state index contributed by atoms with van der Waals surface area (Å²) >= 11 is 0. The van der Waals surface area contributed by atoms with Crippen LogP contribution in [0.3, 0.4) is 0 Å². The van der Waals surface area contributed by atoms with E-state index in [9.17, 15) is 19.2 Å². The Hall–Kier alpha value is -3.23. The Morgan fingerprint density at radius 1 is 0.828 bits per heavy atom. The Bertz CT molecular complexity index is 1490. The Kier molecular flexibility index (Phi) is 17.7. The van der Waals surface area contributed by atoms with Crippen molar-refractivity contribution in [1.29, 1.82) is 0 Å². The number of rotatable bonds is 20. The summed E-state index contributed by atoms with van der Waals surface area (Å²) in [5, 5.41) is 9.26. The van der Waals surface area contributed by atoms with Crippen molar-refractivity contribution in [2.75, 3.05) is 20.1 Å². The Morgan fingerprint density at radius 3 is 2.12 bits per heavy atom. The third-order valence-electron chi connectivity index (χ3n) is 13.8. The van der Waals surface area contributed by atoms with Gasteiger partial charge < -0.3 is 43.8 Å². The van der Waals surface area contributed by atoms with Gasteiger partial charge in [-0.05, 0) is 114 Å². The molecule has 0 spiro atoms. The molecule has 5 rings (SSSR count). The van der Waals surface area contributed by atoms with Gasteiger partial charge in [0.15, 0.2) is 17.1 Å². The maximum atomic E-state index is 15.4. The van der Waals surface area contributed by atoms with Crippen LogP contribution < -0.4 is 38.9 Å². The standard InChI is InChI=1S/C45H74N8O5/c1-50-37(29-31-16-7-3-8-17-31)42(56)52-36(20-11-12-26-46)43(57)53-27-13-21-38(53)40(54)39(32-18-9-4-10-19-32)45(49,44(58)51-34-24-22-33(47)23-25-34)41(55)35(48)28-30-14-5-2-6-15-30/h3,7-8,16-17,30,32-39,50H,2,4-6,9-15,18-29,46-49H2,1H3,(H,51,58)(H,52,56)/t33-,34+,35-,36+,37+,38+,39?,45+/m1/s1. The number of benzene rings is 1. The minimum atomic E-state index is -2.21. The zero-order valence-corrected chi connectivity index (χ0v) is 35.1. The minimum absolute atomic E-state index is 0.0562.